The Morgan fingerprint density at radius 3 is 1.81 bits per heavy atom. The van der Waals surface area contributed by atoms with Crippen molar-refractivity contribution in [1.29, 1.82) is 0 Å². The van der Waals surface area contributed by atoms with E-state index >= 15 is 0 Å². The molecule has 0 N–H and O–H groups in total. The Balaban J connectivity index is 0.000000167. The second-order valence-corrected chi connectivity index (χ2v) is 10.5. The van der Waals surface area contributed by atoms with Gasteiger partial charge in [-0.15, -0.1) is 0 Å². The number of carbonyl (C=O) groups is 1. The summed E-state index contributed by atoms with van der Waals surface area (Å²) in [6, 6.07) is 0. The number of azo groups is 1. The second kappa shape index (κ2) is 7.22. The fourth-order valence-electron chi connectivity index (χ4n) is 4.96. The Hall–Kier alpha value is -0.960. The van der Waals surface area contributed by atoms with Gasteiger partial charge in [-0.3, -0.25) is 4.79 Å². The smallest absolute Gasteiger partial charge is 0.155 e. The van der Waals surface area contributed by atoms with Crippen molar-refractivity contribution in [3.05, 3.63) is 24.3 Å². The summed E-state index contributed by atoms with van der Waals surface area (Å²) in [5, 5.41) is 8.71. The molecule has 0 saturated heterocycles. The molecule has 26 heavy (non-hydrogen) atoms. The quantitative estimate of drug-likeness (QED) is 0.250. The Morgan fingerprint density at radius 2 is 1.46 bits per heavy atom. The Bertz CT molecular complexity index is 629. The van der Waals surface area contributed by atoms with E-state index in [0.29, 0.717) is 29.5 Å². The molecule has 4 rings (SSSR count). The third-order valence-corrected chi connectivity index (χ3v) is 6.66. The van der Waals surface area contributed by atoms with Crippen LogP contribution in [0.2, 0.25) is 0 Å². The van der Waals surface area contributed by atoms with Crippen LogP contribution in [0, 0.1) is 35.5 Å². The highest BCUT2D eigenvalue weighted by atomic mass is 35.5. The Labute approximate surface area is 163 Å². The number of rotatable bonds is 3. The van der Waals surface area contributed by atoms with Gasteiger partial charge in [-0.2, -0.15) is 10.2 Å². The highest BCUT2D eigenvalue weighted by Crippen LogP contribution is 2.50. The average molecular weight is 377 g/mol. The van der Waals surface area contributed by atoms with Crippen LogP contribution in [0.5, 0.6) is 0 Å². The maximum Gasteiger partial charge on any atom is 0.155 e. The number of allylic oxidation sites excluding steroid dienone is 4. The van der Waals surface area contributed by atoms with Crippen molar-refractivity contribution in [1.82, 2.24) is 0 Å². The molecule has 0 aromatic carbocycles. The summed E-state index contributed by atoms with van der Waals surface area (Å²) < 4.78 is 0. The molecule has 2 fully saturated rings. The van der Waals surface area contributed by atoms with Crippen molar-refractivity contribution in [2.45, 2.75) is 70.8 Å². The van der Waals surface area contributed by atoms with Gasteiger partial charge < -0.3 is 0 Å². The molecule has 7 unspecified atom stereocenters. The molecule has 0 aromatic heterocycles. The second-order valence-electron chi connectivity index (χ2n) is 9.78. The lowest BCUT2D eigenvalue weighted by Gasteiger charge is -2.29. The summed E-state index contributed by atoms with van der Waals surface area (Å²) in [7, 11) is 0. The summed E-state index contributed by atoms with van der Waals surface area (Å²) in [4.78, 5) is 10.5. The molecule has 0 radical (unpaired) electrons. The molecule has 0 aliphatic heterocycles. The molecule has 4 aliphatic rings. The number of carbonyl (C=O) groups excluding carboxylic acids is 1. The molecule has 4 heteroatoms. The Kier molecular flexibility index (Phi) is 5.50. The minimum atomic E-state index is -0.530. The summed E-state index contributed by atoms with van der Waals surface area (Å²) in [6.45, 7) is 9.86. The van der Waals surface area contributed by atoms with E-state index in [9.17, 15) is 4.79 Å². The molecule has 4 aliphatic carbocycles. The molecular weight excluding hydrogens is 344 g/mol. The fourth-order valence-corrected chi connectivity index (χ4v) is 5.25. The third kappa shape index (κ3) is 4.47. The third-order valence-electron chi connectivity index (χ3n) is 6.30. The van der Waals surface area contributed by atoms with Gasteiger partial charge in [-0.05, 0) is 84.0 Å². The summed E-state index contributed by atoms with van der Waals surface area (Å²) >= 11 is 6.55. The van der Waals surface area contributed by atoms with Crippen molar-refractivity contribution < 1.29 is 4.79 Å². The molecule has 2 saturated carbocycles. The average Bonchev–Trinajstić information content (AvgIpc) is 3.32. The number of halogens is 1. The van der Waals surface area contributed by atoms with Crippen LogP contribution in [0.25, 0.3) is 0 Å². The molecule has 0 spiro atoms. The number of hydrogen-bond acceptors (Lipinski definition) is 3. The fraction of sp³-hybridized carbons (Fsp3) is 0.773. The largest absolute Gasteiger partial charge is 0.300 e. The molecule has 0 heterocycles. The predicted molar refractivity (Wildman–Crippen MR) is 107 cm³/mol. The van der Waals surface area contributed by atoms with Gasteiger partial charge >= 0.3 is 0 Å². The van der Waals surface area contributed by atoms with Crippen molar-refractivity contribution in [3.8, 4) is 0 Å². The number of alkyl halides is 1. The number of hydrogen-bond donors (Lipinski definition) is 0. The van der Waals surface area contributed by atoms with Crippen LogP contribution in [-0.2, 0) is 4.79 Å². The van der Waals surface area contributed by atoms with E-state index in [2.05, 4.69) is 34.5 Å². The molecule has 7 atom stereocenters. The Morgan fingerprint density at radius 1 is 0.885 bits per heavy atom. The lowest BCUT2D eigenvalue weighted by atomic mass is 9.87. The van der Waals surface area contributed by atoms with Gasteiger partial charge in [0.25, 0.3) is 0 Å². The topological polar surface area (TPSA) is 41.8 Å². The molecule has 3 nitrogen and oxygen atoms in total. The first-order valence-electron chi connectivity index (χ1n) is 10.1. The lowest BCUT2D eigenvalue weighted by molar-refractivity contribution is -0.121. The van der Waals surface area contributed by atoms with Gasteiger partial charge in [0.15, 0.2) is 5.00 Å². The van der Waals surface area contributed by atoms with E-state index in [-0.39, 0.29) is 5.54 Å². The minimum Gasteiger partial charge on any atom is -0.300 e. The molecule has 0 amide bonds. The van der Waals surface area contributed by atoms with E-state index in [1.165, 1.54) is 19.3 Å². The van der Waals surface area contributed by atoms with Gasteiger partial charge in [0, 0.05) is 11.8 Å². The lowest BCUT2D eigenvalue weighted by Crippen LogP contribution is -2.30. The predicted octanol–water partition coefficient (Wildman–Crippen LogP) is 6.19. The van der Waals surface area contributed by atoms with Crippen LogP contribution >= 0.6 is 11.6 Å². The number of fused-ring (bicyclic) bond motifs is 4. The number of ketones is 1. The van der Waals surface area contributed by atoms with E-state index in [4.69, 9.17) is 11.6 Å². The monoisotopic (exact) mass is 376 g/mol. The maximum absolute atomic E-state index is 11.0. The highest BCUT2D eigenvalue weighted by molar-refractivity contribution is 6.23. The zero-order chi connectivity index (χ0) is 19.1. The summed E-state index contributed by atoms with van der Waals surface area (Å²) in [5.41, 5.74) is -0.135. The van der Waals surface area contributed by atoms with Crippen LogP contribution in [0.3, 0.4) is 0 Å². The van der Waals surface area contributed by atoms with Gasteiger partial charge in [-0.25, -0.2) is 0 Å². The van der Waals surface area contributed by atoms with Gasteiger partial charge in [-0.1, -0.05) is 35.9 Å². The van der Waals surface area contributed by atoms with Crippen molar-refractivity contribution >= 4 is 17.4 Å². The normalized spacial score (nSPS) is 39.3. The van der Waals surface area contributed by atoms with Gasteiger partial charge in [0.05, 0.1) is 5.54 Å². The summed E-state index contributed by atoms with van der Waals surface area (Å²) in [6.07, 6.45) is 13.9. The summed E-state index contributed by atoms with van der Waals surface area (Å²) in [5.74, 6) is 3.90. The van der Waals surface area contributed by atoms with Crippen LogP contribution in [0.1, 0.15) is 60.3 Å². The maximum atomic E-state index is 11.0. The van der Waals surface area contributed by atoms with Crippen molar-refractivity contribution in [2.75, 3.05) is 0 Å². The standard InChI is InChI=1S/C13H21ClN2.C9H12O/c1-12(2,3)15-16-13(4,14)11-8-9-5-6-10(11)7-9;1-6(10)9-5-7-2-3-8(9)4-7/h5-6,9-11H,7-8H2,1-4H3;2-3,7-9H,4-5H2,1H3. The zero-order valence-corrected chi connectivity index (χ0v) is 17.5. The van der Waals surface area contributed by atoms with Crippen LogP contribution in [0.15, 0.2) is 34.5 Å². The SMILES string of the molecule is CC(=O)C1CC2C=CC1C2.CC(C)(C)N=NC(C)(Cl)C1CC2C=CC1C2. The first kappa shape index (κ1) is 19.8. The highest BCUT2D eigenvalue weighted by Gasteiger charge is 2.46. The van der Waals surface area contributed by atoms with E-state index < -0.39 is 5.00 Å². The van der Waals surface area contributed by atoms with Crippen LogP contribution in [-0.4, -0.2) is 16.3 Å². The van der Waals surface area contributed by atoms with Gasteiger partial charge in [0.2, 0.25) is 0 Å². The van der Waals surface area contributed by atoms with E-state index in [1.807, 2.05) is 27.7 Å². The van der Waals surface area contributed by atoms with Crippen LogP contribution < -0.4 is 0 Å². The van der Waals surface area contributed by atoms with E-state index in [1.54, 1.807) is 6.92 Å². The number of Topliss-reactive ketones (excluding diaryl/α,β-unsaturated/α-hetero) is 1. The van der Waals surface area contributed by atoms with Crippen molar-refractivity contribution in [2.24, 2.45) is 45.7 Å². The molecule has 144 valence electrons. The first-order chi connectivity index (χ1) is 12.0. The van der Waals surface area contributed by atoms with Crippen molar-refractivity contribution in [3.63, 3.8) is 0 Å². The minimum absolute atomic E-state index is 0.135. The van der Waals surface area contributed by atoms with Crippen LogP contribution in [0.4, 0.5) is 0 Å². The molecule has 0 aromatic rings. The zero-order valence-electron chi connectivity index (χ0n) is 16.8. The molecular formula is C22H33ClN2O. The molecule has 4 bridgehead atoms. The first-order valence-corrected chi connectivity index (χ1v) is 10.4. The number of nitrogens with zero attached hydrogens (tertiary/aromatic N) is 2. The van der Waals surface area contributed by atoms with Gasteiger partial charge in [0.1, 0.15) is 5.78 Å². The van der Waals surface area contributed by atoms with E-state index in [0.717, 1.165) is 18.3 Å².